The zero-order valence-corrected chi connectivity index (χ0v) is 12.0. The van der Waals surface area contributed by atoms with Gasteiger partial charge in [0.25, 0.3) is 0 Å². The molecule has 0 atom stereocenters. The van der Waals surface area contributed by atoms with Crippen LogP contribution >= 0.6 is 0 Å². The molecule has 0 amide bonds. The molecule has 2 aromatic rings. The number of hydrogen-bond acceptors (Lipinski definition) is 3. The van der Waals surface area contributed by atoms with Gasteiger partial charge < -0.3 is 5.32 Å². The highest BCUT2D eigenvalue weighted by Crippen LogP contribution is 2.48. The molecule has 1 aliphatic carbocycles. The summed E-state index contributed by atoms with van der Waals surface area (Å²) in [5.41, 5.74) is 3.97. The maximum absolute atomic E-state index is 4.17. The van der Waals surface area contributed by atoms with Gasteiger partial charge in [-0.15, -0.1) is 0 Å². The molecule has 2 aromatic heterocycles. The summed E-state index contributed by atoms with van der Waals surface area (Å²) >= 11 is 0. The number of pyridine rings is 1. The van der Waals surface area contributed by atoms with E-state index in [0.717, 1.165) is 24.3 Å². The standard InChI is InChI=1S/C16H22N4/c1-2-5-16(6-7-16)12-18-10-14-11-19-20-15(14)13-4-3-8-17-9-13/h3-4,8-9,11,18H,2,5-7,10,12H2,1H3,(H,19,20). The van der Waals surface area contributed by atoms with E-state index in [0.29, 0.717) is 5.41 Å². The van der Waals surface area contributed by atoms with Gasteiger partial charge in [-0.2, -0.15) is 5.10 Å². The molecule has 0 spiro atoms. The molecular formula is C16H22N4. The smallest absolute Gasteiger partial charge is 0.0710 e. The first-order chi connectivity index (χ1) is 9.83. The van der Waals surface area contributed by atoms with Gasteiger partial charge in [0.2, 0.25) is 0 Å². The van der Waals surface area contributed by atoms with Crippen LogP contribution in [0.2, 0.25) is 0 Å². The van der Waals surface area contributed by atoms with Crippen LogP contribution in [0.4, 0.5) is 0 Å². The molecule has 0 saturated heterocycles. The Morgan fingerprint density at radius 2 is 2.25 bits per heavy atom. The molecule has 0 aliphatic heterocycles. The summed E-state index contributed by atoms with van der Waals surface area (Å²) in [4.78, 5) is 4.17. The topological polar surface area (TPSA) is 53.6 Å². The number of hydrogen-bond donors (Lipinski definition) is 2. The van der Waals surface area contributed by atoms with E-state index in [-0.39, 0.29) is 0 Å². The lowest BCUT2D eigenvalue weighted by atomic mass is 10.0. The minimum Gasteiger partial charge on any atom is -0.312 e. The summed E-state index contributed by atoms with van der Waals surface area (Å²) in [7, 11) is 0. The minimum atomic E-state index is 0.590. The number of rotatable bonds is 7. The van der Waals surface area contributed by atoms with Crippen LogP contribution in [0.15, 0.2) is 30.7 Å². The van der Waals surface area contributed by atoms with Crippen molar-refractivity contribution in [1.82, 2.24) is 20.5 Å². The molecule has 1 fully saturated rings. The average molecular weight is 270 g/mol. The van der Waals surface area contributed by atoms with Crippen molar-refractivity contribution in [3.05, 3.63) is 36.3 Å². The van der Waals surface area contributed by atoms with E-state index in [1.165, 1.54) is 31.2 Å². The molecule has 2 heterocycles. The zero-order chi connectivity index (χ0) is 13.8. The predicted octanol–water partition coefficient (Wildman–Crippen LogP) is 3.14. The molecule has 106 valence electrons. The number of H-pyrrole nitrogens is 1. The van der Waals surface area contributed by atoms with Gasteiger partial charge in [-0.3, -0.25) is 10.1 Å². The lowest BCUT2D eigenvalue weighted by Gasteiger charge is -2.14. The highest BCUT2D eigenvalue weighted by atomic mass is 15.1. The summed E-state index contributed by atoms with van der Waals surface area (Å²) in [5, 5.41) is 10.9. The highest BCUT2D eigenvalue weighted by Gasteiger charge is 2.40. The van der Waals surface area contributed by atoms with Gasteiger partial charge in [-0.05, 0) is 36.8 Å². The number of aromatic nitrogens is 3. The monoisotopic (exact) mass is 270 g/mol. The molecule has 0 bridgehead atoms. The molecular weight excluding hydrogens is 248 g/mol. The Kier molecular flexibility index (Phi) is 3.83. The van der Waals surface area contributed by atoms with Crippen molar-refractivity contribution in [2.45, 2.75) is 39.2 Å². The number of aromatic amines is 1. The largest absolute Gasteiger partial charge is 0.312 e. The van der Waals surface area contributed by atoms with Gasteiger partial charge in [0.1, 0.15) is 0 Å². The van der Waals surface area contributed by atoms with E-state index in [2.05, 4.69) is 33.5 Å². The van der Waals surface area contributed by atoms with E-state index in [9.17, 15) is 0 Å². The first-order valence-corrected chi connectivity index (χ1v) is 7.46. The van der Waals surface area contributed by atoms with E-state index in [1.54, 1.807) is 6.20 Å². The second-order valence-electron chi connectivity index (χ2n) is 5.87. The Hall–Kier alpha value is -1.68. The third-order valence-electron chi connectivity index (χ3n) is 4.22. The quantitative estimate of drug-likeness (QED) is 0.812. The summed E-state index contributed by atoms with van der Waals surface area (Å²) < 4.78 is 0. The Labute approximate surface area is 120 Å². The minimum absolute atomic E-state index is 0.590. The van der Waals surface area contributed by atoms with E-state index >= 15 is 0 Å². The van der Waals surface area contributed by atoms with Gasteiger partial charge >= 0.3 is 0 Å². The fourth-order valence-electron chi connectivity index (χ4n) is 2.89. The van der Waals surface area contributed by atoms with Crippen LogP contribution in [-0.2, 0) is 6.54 Å². The fourth-order valence-corrected chi connectivity index (χ4v) is 2.89. The van der Waals surface area contributed by atoms with Crippen molar-refractivity contribution >= 4 is 0 Å². The van der Waals surface area contributed by atoms with Crippen LogP contribution in [0, 0.1) is 5.41 Å². The fraction of sp³-hybridized carbons (Fsp3) is 0.500. The van der Waals surface area contributed by atoms with Crippen LogP contribution < -0.4 is 5.32 Å². The van der Waals surface area contributed by atoms with Gasteiger partial charge in [-0.25, -0.2) is 0 Å². The summed E-state index contributed by atoms with van der Waals surface area (Å²) in [6, 6.07) is 4.01. The summed E-state index contributed by atoms with van der Waals surface area (Å²) in [5.74, 6) is 0. The van der Waals surface area contributed by atoms with Crippen LogP contribution in [0.3, 0.4) is 0 Å². The third kappa shape index (κ3) is 2.90. The molecule has 20 heavy (non-hydrogen) atoms. The molecule has 0 radical (unpaired) electrons. The second kappa shape index (κ2) is 5.75. The number of nitrogens with one attached hydrogen (secondary N) is 2. The maximum Gasteiger partial charge on any atom is 0.0710 e. The normalized spacial score (nSPS) is 16.2. The van der Waals surface area contributed by atoms with Crippen molar-refractivity contribution in [2.24, 2.45) is 5.41 Å². The Morgan fingerprint density at radius 1 is 1.35 bits per heavy atom. The Bertz CT molecular complexity index is 543. The Morgan fingerprint density at radius 3 is 2.95 bits per heavy atom. The third-order valence-corrected chi connectivity index (χ3v) is 4.22. The Balaban J connectivity index is 1.60. The molecule has 0 aromatic carbocycles. The summed E-state index contributed by atoms with van der Waals surface area (Å²) in [6.07, 6.45) is 11.0. The highest BCUT2D eigenvalue weighted by molar-refractivity contribution is 5.61. The molecule has 1 saturated carbocycles. The molecule has 4 heteroatoms. The van der Waals surface area contributed by atoms with Gasteiger partial charge in [0.05, 0.1) is 11.9 Å². The van der Waals surface area contributed by atoms with Crippen LogP contribution in [-0.4, -0.2) is 21.7 Å². The van der Waals surface area contributed by atoms with Crippen molar-refractivity contribution in [1.29, 1.82) is 0 Å². The predicted molar refractivity (Wildman–Crippen MR) is 80.1 cm³/mol. The lowest BCUT2D eigenvalue weighted by Crippen LogP contribution is -2.23. The van der Waals surface area contributed by atoms with Gasteiger partial charge in [0, 0.05) is 36.6 Å². The van der Waals surface area contributed by atoms with Crippen molar-refractivity contribution in [3.63, 3.8) is 0 Å². The van der Waals surface area contributed by atoms with Crippen LogP contribution in [0.25, 0.3) is 11.3 Å². The van der Waals surface area contributed by atoms with Crippen molar-refractivity contribution in [2.75, 3.05) is 6.54 Å². The molecule has 1 aliphatic rings. The molecule has 0 unspecified atom stereocenters. The first-order valence-electron chi connectivity index (χ1n) is 7.46. The SMILES string of the molecule is CCCC1(CNCc2cn[nH]c2-c2cccnc2)CC1. The van der Waals surface area contributed by atoms with E-state index in [1.807, 2.05) is 18.5 Å². The summed E-state index contributed by atoms with van der Waals surface area (Å²) in [6.45, 7) is 4.27. The van der Waals surface area contributed by atoms with E-state index in [4.69, 9.17) is 0 Å². The molecule has 3 rings (SSSR count). The van der Waals surface area contributed by atoms with Crippen LogP contribution in [0.1, 0.15) is 38.2 Å². The van der Waals surface area contributed by atoms with E-state index < -0.39 is 0 Å². The number of nitrogens with zero attached hydrogens (tertiary/aromatic N) is 2. The van der Waals surface area contributed by atoms with Gasteiger partial charge in [-0.1, -0.05) is 13.3 Å². The van der Waals surface area contributed by atoms with Crippen LogP contribution in [0.5, 0.6) is 0 Å². The van der Waals surface area contributed by atoms with Gasteiger partial charge in [0.15, 0.2) is 0 Å². The maximum atomic E-state index is 4.17. The molecule has 2 N–H and O–H groups in total. The van der Waals surface area contributed by atoms with Crippen molar-refractivity contribution < 1.29 is 0 Å². The lowest BCUT2D eigenvalue weighted by molar-refractivity contribution is 0.421. The molecule has 4 nitrogen and oxygen atoms in total. The zero-order valence-electron chi connectivity index (χ0n) is 12.0. The first kappa shape index (κ1) is 13.3. The second-order valence-corrected chi connectivity index (χ2v) is 5.87. The average Bonchev–Trinajstić information content (AvgIpc) is 3.08. The van der Waals surface area contributed by atoms with Crippen molar-refractivity contribution in [3.8, 4) is 11.3 Å².